The van der Waals surface area contributed by atoms with Crippen molar-refractivity contribution < 1.29 is 5.11 Å². The molecule has 1 N–H and O–H groups in total. The summed E-state index contributed by atoms with van der Waals surface area (Å²) in [6, 6.07) is 65.7. The summed E-state index contributed by atoms with van der Waals surface area (Å²) >= 11 is 12.8. The van der Waals surface area contributed by atoms with Crippen LogP contribution < -0.4 is 0 Å². The number of rotatable bonds is 2. The van der Waals surface area contributed by atoms with Crippen molar-refractivity contribution in [1.29, 1.82) is 0 Å². The fraction of sp³-hybridized carbons (Fsp3) is 0.143. The maximum Gasteiger partial charge on any atom is 0.141 e. The van der Waals surface area contributed by atoms with Crippen molar-refractivity contribution in [2.75, 3.05) is 0 Å². The van der Waals surface area contributed by atoms with E-state index in [-0.39, 0.29) is 16.2 Å². The van der Waals surface area contributed by atoms with Crippen LogP contribution in [0.5, 0.6) is 0 Å². The van der Waals surface area contributed by atoms with Crippen molar-refractivity contribution in [2.45, 2.75) is 49.5 Å². The van der Waals surface area contributed by atoms with Gasteiger partial charge in [0.05, 0.1) is 5.41 Å². The van der Waals surface area contributed by atoms with Gasteiger partial charge in [0, 0.05) is 26.4 Å². The molecule has 11 rings (SSSR count). The van der Waals surface area contributed by atoms with Crippen LogP contribution in [0.3, 0.4) is 0 Å². The number of hydrogen-bond acceptors (Lipinski definition) is 1. The van der Waals surface area contributed by atoms with E-state index in [9.17, 15) is 5.11 Å². The molecule has 0 bridgehead atoms. The van der Waals surface area contributed by atoms with Crippen molar-refractivity contribution in [2.24, 2.45) is 0 Å². The Morgan fingerprint density at radius 1 is 0.322 bits per heavy atom. The summed E-state index contributed by atoms with van der Waals surface area (Å²) in [7, 11) is 0. The first-order valence-electron chi connectivity index (χ1n) is 20.4. The van der Waals surface area contributed by atoms with E-state index in [1.165, 1.54) is 44.5 Å². The smallest absolute Gasteiger partial charge is 0.141 e. The third-order valence-corrected chi connectivity index (χ3v) is 13.9. The molecule has 0 unspecified atom stereocenters. The monoisotopic (exact) mass is 802 g/mol. The molecule has 0 atom stereocenters. The molecule has 8 aromatic rings. The number of benzene rings is 8. The van der Waals surface area contributed by atoms with Gasteiger partial charge < -0.3 is 5.11 Å². The SMILES string of the molecule is CC1(C)c2ccccc2C(O)(c2ccccc2-c2cccc(Cl)c2)c2ccccc21.CC1(C)c2ccccc2C2(c3ccccc3-c3cc(Cl)ccc32)c2ccccc21. The van der Waals surface area contributed by atoms with E-state index in [0.29, 0.717) is 5.02 Å². The van der Waals surface area contributed by atoms with E-state index in [1.807, 2.05) is 60.7 Å². The second-order valence-corrected chi connectivity index (χ2v) is 18.1. The fourth-order valence-corrected chi connectivity index (χ4v) is 11.2. The maximum absolute atomic E-state index is 12.6. The van der Waals surface area contributed by atoms with Crippen LogP contribution in [-0.2, 0) is 21.8 Å². The average molecular weight is 804 g/mol. The third kappa shape index (κ3) is 5.35. The molecular formula is C56H44Cl2O. The lowest BCUT2D eigenvalue weighted by Gasteiger charge is -2.46. The highest BCUT2D eigenvalue weighted by Gasteiger charge is 2.53. The van der Waals surface area contributed by atoms with E-state index in [1.54, 1.807) is 0 Å². The lowest BCUT2D eigenvalue weighted by atomic mass is 9.55. The van der Waals surface area contributed by atoms with Gasteiger partial charge in [0.2, 0.25) is 0 Å². The molecule has 3 heteroatoms. The predicted molar refractivity (Wildman–Crippen MR) is 245 cm³/mol. The second-order valence-electron chi connectivity index (χ2n) is 17.2. The number of fused-ring (bicyclic) bond motifs is 11. The Morgan fingerprint density at radius 2 is 0.712 bits per heavy atom. The van der Waals surface area contributed by atoms with Crippen molar-refractivity contribution in [1.82, 2.24) is 0 Å². The van der Waals surface area contributed by atoms with Crippen molar-refractivity contribution in [3.8, 4) is 22.3 Å². The van der Waals surface area contributed by atoms with E-state index in [4.69, 9.17) is 23.2 Å². The van der Waals surface area contributed by atoms with Crippen LogP contribution in [0.2, 0.25) is 10.0 Å². The minimum Gasteiger partial charge on any atom is -0.376 e. The maximum atomic E-state index is 12.6. The molecule has 0 aromatic heterocycles. The van der Waals surface area contributed by atoms with Gasteiger partial charge >= 0.3 is 0 Å². The summed E-state index contributed by atoms with van der Waals surface area (Å²) in [5, 5.41) is 14.0. The molecule has 3 aliphatic carbocycles. The molecule has 3 aliphatic rings. The van der Waals surface area contributed by atoms with Crippen LogP contribution in [0.1, 0.15) is 88.9 Å². The van der Waals surface area contributed by atoms with Gasteiger partial charge in [-0.1, -0.05) is 215 Å². The zero-order valence-corrected chi connectivity index (χ0v) is 35.1. The molecule has 0 saturated carbocycles. The Kier molecular flexibility index (Phi) is 8.71. The highest BCUT2D eigenvalue weighted by Crippen LogP contribution is 2.62. The number of hydrogen-bond donors (Lipinski definition) is 1. The Labute approximate surface area is 357 Å². The van der Waals surface area contributed by atoms with Gasteiger partial charge in [-0.25, -0.2) is 0 Å². The molecule has 59 heavy (non-hydrogen) atoms. The van der Waals surface area contributed by atoms with Crippen molar-refractivity contribution >= 4 is 23.2 Å². The topological polar surface area (TPSA) is 20.2 Å². The highest BCUT2D eigenvalue weighted by molar-refractivity contribution is 6.31. The quantitative estimate of drug-likeness (QED) is 0.185. The van der Waals surface area contributed by atoms with E-state index in [2.05, 4.69) is 155 Å². The average Bonchev–Trinajstić information content (AvgIpc) is 3.55. The van der Waals surface area contributed by atoms with Crippen LogP contribution in [0.15, 0.2) is 188 Å². The molecule has 8 aromatic carbocycles. The molecule has 0 saturated heterocycles. The van der Waals surface area contributed by atoms with Gasteiger partial charge in [0.25, 0.3) is 0 Å². The molecule has 0 amide bonds. The molecule has 0 heterocycles. The van der Waals surface area contributed by atoms with Gasteiger partial charge in [0.15, 0.2) is 0 Å². The molecule has 288 valence electrons. The third-order valence-electron chi connectivity index (χ3n) is 13.4. The largest absolute Gasteiger partial charge is 0.376 e. The zero-order valence-electron chi connectivity index (χ0n) is 33.6. The summed E-state index contributed by atoms with van der Waals surface area (Å²) in [5.41, 5.74) is 16.0. The Morgan fingerprint density at radius 3 is 1.24 bits per heavy atom. The van der Waals surface area contributed by atoms with Gasteiger partial charge in [-0.05, 0) is 102 Å². The first-order chi connectivity index (χ1) is 28.5. The van der Waals surface area contributed by atoms with E-state index < -0.39 is 5.60 Å². The van der Waals surface area contributed by atoms with Crippen molar-refractivity contribution in [3.05, 3.63) is 259 Å². The second kappa shape index (κ2) is 13.7. The summed E-state index contributed by atoms with van der Waals surface area (Å²) in [4.78, 5) is 0. The van der Waals surface area contributed by atoms with E-state index in [0.717, 1.165) is 44.0 Å². The molecule has 0 radical (unpaired) electrons. The molecule has 1 spiro atoms. The summed E-state index contributed by atoms with van der Waals surface area (Å²) in [6.45, 7) is 9.16. The van der Waals surface area contributed by atoms with Gasteiger partial charge in [-0.3, -0.25) is 0 Å². The van der Waals surface area contributed by atoms with E-state index >= 15 is 0 Å². The lowest BCUT2D eigenvalue weighted by Crippen LogP contribution is -2.41. The minimum atomic E-state index is -1.26. The summed E-state index contributed by atoms with van der Waals surface area (Å²) in [6.07, 6.45) is 0. The summed E-state index contributed by atoms with van der Waals surface area (Å²) < 4.78 is 0. The fourth-order valence-electron chi connectivity index (χ4n) is 10.8. The molecule has 0 aliphatic heterocycles. The van der Waals surface area contributed by atoms with Crippen LogP contribution in [0.25, 0.3) is 22.3 Å². The molecule has 1 nitrogen and oxygen atoms in total. The first kappa shape index (κ1) is 37.6. The van der Waals surface area contributed by atoms with Gasteiger partial charge in [-0.2, -0.15) is 0 Å². The summed E-state index contributed by atoms with van der Waals surface area (Å²) in [5.74, 6) is 0. The normalized spacial score (nSPS) is 16.3. The Bertz CT molecular complexity index is 2850. The zero-order chi connectivity index (χ0) is 40.7. The highest BCUT2D eigenvalue weighted by atomic mass is 35.5. The predicted octanol–water partition coefficient (Wildman–Crippen LogP) is 14.3. The molecule has 0 fully saturated rings. The van der Waals surface area contributed by atoms with Crippen LogP contribution in [0.4, 0.5) is 0 Å². The molecular weight excluding hydrogens is 760 g/mol. The number of halogens is 2. The van der Waals surface area contributed by atoms with Crippen LogP contribution >= 0.6 is 23.2 Å². The first-order valence-corrected chi connectivity index (χ1v) is 21.1. The number of aliphatic hydroxyl groups is 1. The lowest BCUT2D eigenvalue weighted by molar-refractivity contribution is 0.117. The van der Waals surface area contributed by atoms with Crippen LogP contribution in [-0.4, -0.2) is 5.11 Å². The standard InChI is InChI=1S/C28H23ClO.C28H21Cl/c1-27(2)23-14-5-7-16-25(23)28(30,26-17-8-6-15-24(26)27)22-13-4-3-12-21(22)19-10-9-11-20(29)18-19;1-27(2)23-11-5-7-13-25(23)28(26-14-8-6-12-24(26)27)21-10-4-3-9-19(21)20-17-18(29)15-16-22(20)28/h3-18,30H,1-2H3;3-17H,1-2H3. The van der Waals surface area contributed by atoms with Crippen molar-refractivity contribution in [3.63, 3.8) is 0 Å². The Hall–Kier alpha value is -5.70. The van der Waals surface area contributed by atoms with Gasteiger partial charge in [0.1, 0.15) is 5.60 Å². The van der Waals surface area contributed by atoms with Gasteiger partial charge in [-0.15, -0.1) is 0 Å². The van der Waals surface area contributed by atoms with Crippen LogP contribution in [0, 0.1) is 0 Å². The minimum absolute atomic E-state index is 0.0530. The Balaban J connectivity index is 0.000000143.